The summed E-state index contributed by atoms with van der Waals surface area (Å²) >= 11 is 0. The van der Waals surface area contributed by atoms with E-state index in [-0.39, 0.29) is 86.0 Å². The number of aromatic amines is 1. The van der Waals surface area contributed by atoms with Gasteiger partial charge in [-0.15, -0.1) is 0 Å². The topological polar surface area (TPSA) is 304 Å². The number of rotatable bonds is 53. The molecule has 3 rings (SSSR count). The van der Waals surface area contributed by atoms with E-state index in [1.807, 2.05) is 0 Å². The molecule has 484 valence electrons. The maximum atomic E-state index is 12.9. The number of nitrogens with zero attached hydrogens (tertiary/aromatic N) is 3. The van der Waals surface area contributed by atoms with Gasteiger partial charge in [0, 0.05) is 44.3 Å². The molecule has 0 fully saturated rings. The highest BCUT2D eigenvalue weighted by molar-refractivity contribution is 7.47. The molecule has 3 atom stereocenters. The molecule has 2 heterocycles. The molecule has 1 aromatic carbocycles. The normalized spacial score (nSPS) is 12.7. The largest absolute Gasteiger partial charge is 0.480 e. The number of unbranched alkanes of at least 4 members (excludes halogenated alkanes) is 26. The lowest BCUT2D eigenvalue weighted by atomic mass is 10.0. The number of esters is 2. The molecular weight excluding hydrogens is 1120 g/mol. The molecular formula is C64H104N7O14P. The van der Waals surface area contributed by atoms with Crippen molar-refractivity contribution in [2.45, 2.75) is 264 Å². The number of benzene rings is 1. The number of amides is 3. The van der Waals surface area contributed by atoms with E-state index in [0.29, 0.717) is 63.0 Å². The molecule has 3 amide bonds. The summed E-state index contributed by atoms with van der Waals surface area (Å²) in [4.78, 5) is 114. The van der Waals surface area contributed by atoms with Crippen molar-refractivity contribution in [3.8, 4) is 0 Å². The SMILES string of the molecule is CCCCCCCCCCCCCCCC(=O)OC[C@H](COP(=O)(O)OCCNC(=O)CCCCCNC(=O)CC[C@H](NC(=O)c1ccc(CCc2cnc3nc(C)[nH]c(=O)c3n2)cc1)C(=O)O)OC(=O)CCCCCCCCCCCCCCC. The van der Waals surface area contributed by atoms with E-state index >= 15 is 0 Å². The first-order valence-electron chi connectivity index (χ1n) is 32.4. The van der Waals surface area contributed by atoms with E-state index in [2.05, 4.69) is 49.7 Å². The summed E-state index contributed by atoms with van der Waals surface area (Å²) in [6.45, 7) is 5.09. The van der Waals surface area contributed by atoms with Crippen LogP contribution in [0.3, 0.4) is 0 Å². The molecule has 3 aromatic rings. The highest BCUT2D eigenvalue weighted by Crippen LogP contribution is 2.43. The van der Waals surface area contributed by atoms with Crippen molar-refractivity contribution in [2.24, 2.45) is 0 Å². The van der Waals surface area contributed by atoms with Gasteiger partial charge in [0.1, 0.15) is 18.5 Å². The summed E-state index contributed by atoms with van der Waals surface area (Å²) in [7, 11) is -4.66. The maximum absolute atomic E-state index is 12.9. The number of aromatic nitrogens is 4. The molecule has 6 N–H and O–H groups in total. The first-order valence-corrected chi connectivity index (χ1v) is 33.9. The summed E-state index contributed by atoms with van der Waals surface area (Å²) in [5, 5.41) is 17.6. The van der Waals surface area contributed by atoms with Crippen molar-refractivity contribution < 1.29 is 61.9 Å². The summed E-state index contributed by atoms with van der Waals surface area (Å²) in [6.07, 6.45) is 33.8. The number of H-pyrrole nitrogens is 1. The number of fused-ring (bicyclic) bond motifs is 1. The second kappa shape index (κ2) is 46.5. The molecule has 86 heavy (non-hydrogen) atoms. The Labute approximate surface area is 510 Å². The summed E-state index contributed by atoms with van der Waals surface area (Å²) in [5.74, 6) is -3.11. The third kappa shape index (κ3) is 36.5. The van der Waals surface area contributed by atoms with Crippen LogP contribution in [0.1, 0.15) is 260 Å². The van der Waals surface area contributed by atoms with Crippen LogP contribution in [-0.4, -0.2) is 111 Å². The minimum absolute atomic E-state index is 0.0885. The fourth-order valence-corrected chi connectivity index (χ4v) is 10.6. The summed E-state index contributed by atoms with van der Waals surface area (Å²) in [6, 6.07) is 5.33. The van der Waals surface area contributed by atoms with Crippen LogP contribution in [0.4, 0.5) is 0 Å². The number of phosphoric ester groups is 1. The number of nitrogens with one attached hydrogen (secondary N) is 4. The molecule has 0 radical (unpaired) electrons. The maximum Gasteiger partial charge on any atom is 0.472 e. The number of ether oxygens (including phenoxy) is 2. The van der Waals surface area contributed by atoms with E-state index in [9.17, 15) is 48.1 Å². The summed E-state index contributed by atoms with van der Waals surface area (Å²) < 4.78 is 34.1. The highest BCUT2D eigenvalue weighted by Gasteiger charge is 2.27. The standard InChI is InChI=1S/C64H104N7O14P/c1-4-6-8-10-12-14-16-18-20-22-24-26-30-34-58(74)82-48-54(85-59(75)35-31-27-25-23-21-19-17-15-13-11-9-7-5-2)49-84-86(80,81)83-46-45-66-56(72)33-29-28-32-44-65-57(73)43-42-55(64(78)79)71-62(76)52-39-36-51(37-40-52)38-41-53-47-67-61-60(70-53)63(77)69-50(3)68-61/h36-37,39-40,47,54-55H,4-35,38,41-46,48-49H2,1-3H3,(H,65,73)(H,66,72)(H,71,76)(H,78,79)(H,80,81)(H,67,68,69,77)/t54-,55+/m1/s1. The van der Waals surface area contributed by atoms with Crippen LogP contribution in [0, 0.1) is 6.92 Å². The molecule has 0 saturated carbocycles. The molecule has 0 saturated heterocycles. The van der Waals surface area contributed by atoms with Gasteiger partial charge in [0.25, 0.3) is 11.5 Å². The zero-order chi connectivity index (χ0) is 62.5. The van der Waals surface area contributed by atoms with E-state index in [1.165, 1.54) is 116 Å². The van der Waals surface area contributed by atoms with Gasteiger partial charge in [-0.05, 0) is 69.6 Å². The Morgan fingerprint density at radius 3 is 1.69 bits per heavy atom. The van der Waals surface area contributed by atoms with E-state index in [1.54, 1.807) is 37.4 Å². The van der Waals surface area contributed by atoms with Gasteiger partial charge in [-0.3, -0.25) is 37.8 Å². The second-order valence-electron chi connectivity index (χ2n) is 22.7. The first-order chi connectivity index (χ1) is 41.6. The van der Waals surface area contributed by atoms with Crippen LogP contribution in [0.5, 0.6) is 0 Å². The molecule has 0 aliphatic heterocycles. The lowest BCUT2D eigenvalue weighted by Crippen LogP contribution is -2.41. The van der Waals surface area contributed by atoms with Crippen molar-refractivity contribution in [2.75, 3.05) is 32.9 Å². The zero-order valence-corrected chi connectivity index (χ0v) is 53.0. The average Bonchev–Trinajstić information content (AvgIpc) is 2.11. The Morgan fingerprint density at radius 2 is 1.12 bits per heavy atom. The minimum atomic E-state index is -4.66. The third-order valence-electron chi connectivity index (χ3n) is 14.9. The van der Waals surface area contributed by atoms with Crippen molar-refractivity contribution in [1.82, 2.24) is 35.9 Å². The van der Waals surface area contributed by atoms with Crippen LogP contribution < -0.4 is 21.5 Å². The Morgan fingerprint density at radius 1 is 0.605 bits per heavy atom. The lowest BCUT2D eigenvalue weighted by Gasteiger charge is -2.20. The van der Waals surface area contributed by atoms with E-state index in [0.717, 1.165) is 44.1 Å². The van der Waals surface area contributed by atoms with Gasteiger partial charge in [0.2, 0.25) is 11.8 Å². The van der Waals surface area contributed by atoms with Gasteiger partial charge in [0.05, 0.1) is 25.1 Å². The number of aryl methyl sites for hydroxylation is 3. The highest BCUT2D eigenvalue weighted by atomic mass is 31.2. The minimum Gasteiger partial charge on any atom is -0.480 e. The van der Waals surface area contributed by atoms with E-state index in [4.69, 9.17) is 18.5 Å². The molecule has 0 aliphatic rings. The van der Waals surface area contributed by atoms with Gasteiger partial charge in [-0.25, -0.2) is 24.3 Å². The molecule has 0 spiro atoms. The number of carboxylic acids is 1. The number of phosphoric acid groups is 1. The Hall–Kier alpha value is -5.63. The second-order valence-corrected chi connectivity index (χ2v) is 24.1. The van der Waals surface area contributed by atoms with Crippen LogP contribution in [0.15, 0.2) is 35.3 Å². The van der Waals surface area contributed by atoms with Gasteiger partial charge in [-0.2, -0.15) is 0 Å². The number of carbonyl (C=O) groups excluding carboxylic acids is 5. The Kier molecular flexibility index (Phi) is 40.4. The van der Waals surface area contributed by atoms with E-state index < -0.39 is 50.4 Å². The fraction of sp³-hybridized carbons (Fsp3) is 0.719. The zero-order valence-electron chi connectivity index (χ0n) is 52.1. The van der Waals surface area contributed by atoms with Crippen LogP contribution >= 0.6 is 7.82 Å². The third-order valence-corrected chi connectivity index (χ3v) is 15.9. The molecule has 21 nitrogen and oxygen atoms in total. The number of aliphatic carboxylic acids is 1. The number of carboxylic acid groups (broad SMARTS) is 1. The van der Waals surface area contributed by atoms with Gasteiger partial charge in [0.15, 0.2) is 17.3 Å². The number of hydrogen-bond acceptors (Lipinski definition) is 15. The van der Waals surface area contributed by atoms with Crippen molar-refractivity contribution in [1.29, 1.82) is 0 Å². The Balaban J connectivity index is 1.28. The molecule has 1 unspecified atom stereocenters. The smallest absolute Gasteiger partial charge is 0.472 e. The molecule has 22 heteroatoms. The van der Waals surface area contributed by atoms with Gasteiger partial charge < -0.3 is 40.4 Å². The number of carbonyl (C=O) groups is 6. The fourth-order valence-electron chi connectivity index (χ4n) is 9.80. The predicted octanol–water partition coefficient (Wildman–Crippen LogP) is 12.1. The predicted molar refractivity (Wildman–Crippen MR) is 332 cm³/mol. The molecule has 2 aromatic heterocycles. The van der Waals surface area contributed by atoms with Crippen LogP contribution in [0.2, 0.25) is 0 Å². The van der Waals surface area contributed by atoms with Gasteiger partial charge in [-0.1, -0.05) is 187 Å². The monoisotopic (exact) mass is 1230 g/mol. The van der Waals surface area contributed by atoms with Crippen molar-refractivity contribution in [3.05, 3.63) is 63.5 Å². The van der Waals surface area contributed by atoms with Gasteiger partial charge >= 0.3 is 25.7 Å². The molecule has 0 aliphatic carbocycles. The van der Waals surface area contributed by atoms with Crippen LogP contribution in [-0.2, 0) is 59.9 Å². The average molecular weight is 1230 g/mol. The lowest BCUT2D eigenvalue weighted by molar-refractivity contribution is -0.161. The van der Waals surface area contributed by atoms with Crippen LogP contribution in [0.25, 0.3) is 11.2 Å². The van der Waals surface area contributed by atoms with Crippen molar-refractivity contribution in [3.63, 3.8) is 0 Å². The molecule has 0 bridgehead atoms. The first kappa shape index (κ1) is 74.6. The number of hydrogen-bond donors (Lipinski definition) is 6. The quantitative estimate of drug-likeness (QED) is 0.0174. The summed E-state index contributed by atoms with van der Waals surface area (Å²) in [5.41, 5.74) is 1.78. The van der Waals surface area contributed by atoms with Crippen molar-refractivity contribution >= 4 is 54.6 Å². The Bertz CT molecular complexity index is 2510.